The van der Waals surface area contributed by atoms with E-state index in [1.54, 1.807) is 0 Å². The summed E-state index contributed by atoms with van der Waals surface area (Å²) in [5, 5.41) is 10.3. The van der Waals surface area contributed by atoms with Crippen LogP contribution >= 0.6 is 24.0 Å². The van der Waals surface area contributed by atoms with Gasteiger partial charge in [-0.05, 0) is 54.5 Å². The highest BCUT2D eigenvalue weighted by Gasteiger charge is 2.07. The van der Waals surface area contributed by atoms with Crippen molar-refractivity contribution in [3.05, 3.63) is 77.4 Å². The quantitative estimate of drug-likeness (QED) is 0.310. The Kier molecular flexibility index (Phi) is 6.89. The zero-order chi connectivity index (χ0) is 18.7. The fraction of sp³-hybridized carbons (Fsp3) is 0.136. The number of halogens is 2. The zero-order valence-electron chi connectivity index (χ0n) is 15.2. The minimum atomic E-state index is 0. The van der Waals surface area contributed by atoms with Gasteiger partial charge in [-0.25, -0.2) is 0 Å². The summed E-state index contributed by atoms with van der Waals surface area (Å²) < 4.78 is 5.85. The second-order valence-electron chi connectivity index (χ2n) is 6.39. The van der Waals surface area contributed by atoms with E-state index in [-0.39, 0.29) is 24.3 Å². The number of benzene rings is 3. The molecule has 0 saturated heterocycles. The lowest BCUT2D eigenvalue weighted by Crippen LogP contribution is -2.10. The topological polar surface area (TPSA) is 59.1 Å². The number of hydrogen-bond donors (Lipinski definition) is 2. The summed E-state index contributed by atoms with van der Waals surface area (Å²) in [7, 11) is 0. The molecule has 0 aliphatic rings. The van der Waals surface area contributed by atoms with Crippen molar-refractivity contribution < 1.29 is 4.74 Å². The van der Waals surface area contributed by atoms with Crippen LogP contribution in [0.2, 0.25) is 0 Å². The van der Waals surface area contributed by atoms with Gasteiger partial charge in [-0.3, -0.25) is 5.41 Å². The van der Waals surface area contributed by atoms with Gasteiger partial charge in [0.05, 0.1) is 6.10 Å². The van der Waals surface area contributed by atoms with Gasteiger partial charge in [-0.1, -0.05) is 54.1 Å². The van der Waals surface area contributed by atoms with Gasteiger partial charge in [0, 0.05) is 16.2 Å². The van der Waals surface area contributed by atoms with Crippen LogP contribution in [0.5, 0.6) is 5.75 Å². The van der Waals surface area contributed by atoms with E-state index in [0.29, 0.717) is 10.6 Å². The standard InChI is InChI=1S/C22H21ClN2O.ClH/c1-14(2)26-21-6-4-3-5-18(21)13-20(23)17-9-7-16-12-19(22(24)25)10-8-15(16)11-17;/h3-14H,1-2H3,(H3,24,25);1H. The molecule has 0 bridgehead atoms. The van der Waals surface area contributed by atoms with Crippen molar-refractivity contribution in [1.82, 2.24) is 0 Å². The highest BCUT2D eigenvalue weighted by atomic mass is 35.5. The van der Waals surface area contributed by atoms with Crippen LogP contribution in [0.15, 0.2) is 60.7 Å². The SMILES string of the molecule is CC(C)Oc1ccccc1C=C(Cl)c1ccc2cc(C(=N)N)ccc2c1.Cl. The Hall–Kier alpha value is -2.49. The maximum absolute atomic E-state index is 7.55. The van der Waals surface area contributed by atoms with Crippen LogP contribution < -0.4 is 10.5 Å². The van der Waals surface area contributed by atoms with Gasteiger partial charge in [-0.15, -0.1) is 12.4 Å². The maximum Gasteiger partial charge on any atom is 0.126 e. The van der Waals surface area contributed by atoms with Gasteiger partial charge >= 0.3 is 0 Å². The van der Waals surface area contributed by atoms with Crippen molar-refractivity contribution in [3.8, 4) is 5.75 Å². The van der Waals surface area contributed by atoms with Crippen molar-refractivity contribution in [2.75, 3.05) is 0 Å². The van der Waals surface area contributed by atoms with Crippen LogP contribution in [0, 0.1) is 5.41 Å². The summed E-state index contributed by atoms with van der Waals surface area (Å²) >= 11 is 6.58. The highest BCUT2D eigenvalue weighted by molar-refractivity contribution is 6.51. The van der Waals surface area contributed by atoms with Crippen molar-refractivity contribution in [2.45, 2.75) is 20.0 Å². The first-order valence-electron chi connectivity index (χ1n) is 8.45. The first-order chi connectivity index (χ1) is 12.4. The first-order valence-corrected chi connectivity index (χ1v) is 8.83. The summed E-state index contributed by atoms with van der Waals surface area (Å²) in [6.45, 7) is 4.00. The molecule has 0 aliphatic heterocycles. The van der Waals surface area contributed by atoms with Crippen LogP contribution in [-0.4, -0.2) is 11.9 Å². The first kappa shape index (κ1) is 20.8. The van der Waals surface area contributed by atoms with E-state index in [2.05, 4.69) is 0 Å². The number of para-hydroxylation sites is 1. The van der Waals surface area contributed by atoms with E-state index in [9.17, 15) is 0 Å². The number of amidine groups is 1. The minimum Gasteiger partial charge on any atom is -0.490 e. The monoisotopic (exact) mass is 400 g/mol. The molecule has 0 aromatic heterocycles. The van der Waals surface area contributed by atoms with Gasteiger partial charge in [0.25, 0.3) is 0 Å². The van der Waals surface area contributed by atoms with Gasteiger partial charge in [0.2, 0.25) is 0 Å². The third-order valence-corrected chi connectivity index (χ3v) is 4.32. The number of rotatable bonds is 5. The molecule has 0 unspecified atom stereocenters. The molecule has 3 nitrogen and oxygen atoms in total. The molecule has 0 fully saturated rings. The summed E-state index contributed by atoms with van der Waals surface area (Å²) in [6, 6.07) is 19.5. The number of nitrogen functional groups attached to an aromatic ring is 1. The third-order valence-electron chi connectivity index (χ3n) is 3.99. The van der Waals surface area contributed by atoms with Crippen LogP contribution in [0.1, 0.15) is 30.5 Å². The van der Waals surface area contributed by atoms with Gasteiger partial charge < -0.3 is 10.5 Å². The lowest BCUT2D eigenvalue weighted by Gasteiger charge is -2.12. The van der Waals surface area contributed by atoms with E-state index in [1.807, 2.05) is 80.6 Å². The molecule has 0 radical (unpaired) electrons. The Bertz CT molecular complexity index is 997. The molecule has 5 heteroatoms. The predicted molar refractivity (Wildman–Crippen MR) is 118 cm³/mol. The zero-order valence-corrected chi connectivity index (χ0v) is 16.8. The predicted octanol–water partition coefficient (Wildman–Crippen LogP) is 6.07. The lowest BCUT2D eigenvalue weighted by molar-refractivity contribution is 0.242. The number of ether oxygens (including phenoxy) is 1. The maximum atomic E-state index is 7.55. The summed E-state index contributed by atoms with van der Waals surface area (Å²) in [5.41, 5.74) is 8.14. The van der Waals surface area contributed by atoms with E-state index in [0.717, 1.165) is 27.6 Å². The largest absolute Gasteiger partial charge is 0.490 e. The summed E-state index contributed by atoms with van der Waals surface area (Å²) in [4.78, 5) is 0. The molecule has 0 saturated carbocycles. The minimum absolute atomic E-state index is 0. The molecule has 3 aromatic rings. The third kappa shape index (κ3) is 5.03. The molecule has 27 heavy (non-hydrogen) atoms. The van der Waals surface area contributed by atoms with Crippen molar-refractivity contribution >= 4 is 51.7 Å². The van der Waals surface area contributed by atoms with E-state index < -0.39 is 0 Å². The van der Waals surface area contributed by atoms with Crippen LogP contribution in [0.25, 0.3) is 21.9 Å². The van der Waals surface area contributed by atoms with E-state index in [1.165, 1.54) is 0 Å². The Morgan fingerprint density at radius 2 is 1.59 bits per heavy atom. The molecule has 0 amide bonds. The van der Waals surface area contributed by atoms with Crippen molar-refractivity contribution in [3.63, 3.8) is 0 Å². The summed E-state index contributed by atoms with van der Waals surface area (Å²) in [5.74, 6) is 0.878. The van der Waals surface area contributed by atoms with Crippen molar-refractivity contribution in [1.29, 1.82) is 5.41 Å². The molecule has 3 aromatic carbocycles. The lowest BCUT2D eigenvalue weighted by atomic mass is 10.0. The Labute approximate surface area is 170 Å². The van der Waals surface area contributed by atoms with Gasteiger partial charge in [-0.2, -0.15) is 0 Å². The Morgan fingerprint density at radius 3 is 2.22 bits per heavy atom. The molecule has 0 aliphatic carbocycles. The number of fused-ring (bicyclic) bond motifs is 1. The molecule has 140 valence electrons. The normalized spacial score (nSPS) is 11.3. The number of nitrogens with two attached hydrogens (primary N) is 1. The van der Waals surface area contributed by atoms with Crippen LogP contribution in [0.4, 0.5) is 0 Å². The fourth-order valence-electron chi connectivity index (χ4n) is 2.74. The smallest absolute Gasteiger partial charge is 0.126 e. The van der Waals surface area contributed by atoms with Gasteiger partial charge in [0.15, 0.2) is 0 Å². The van der Waals surface area contributed by atoms with Crippen LogP contribution in [-0.2, 0) is 0 Å². The molecule has 3 rings (SSSR count). The van der Waals surface area contributed by atoms with Crippen molar-refractivity contribution in [2.24, 2.45) is 5.73 Å². The average molecular weight is 401 g/mol. The molecular weight excluding hydrogens is 379 g/mol. The van der Waals surface area contributed by atoms with E-state index >= 15 is 0 Å². The second-order valence-corrected chi connectivity index (χ2v) is 6.79. The highest BCUT2D eigenvalue weighted by Crippen LogP contribution is 2.29. The number of nitrogens with one attached hydrogen (secondary N) is 1. The second kappa shape index (κ2) is 8.94. The average Bonchev–Trinajstić information content (AvgIpc) is 2.62. The molecule has 0 atom stereocenters. The molecule has 0 spiro atoms. The molecule has 3 N–H and O–H groups in total. The Balaban J connectivity index is 0.00000261. The summed E-state index contributed by atoms with van der Waals surface area (Å²) in [6.07, 6.45) is 2.02. The fourth-order valence-corrected chi connectivity index (χ4v) is 2.98. The van der Waals surface area contributed by atoms with E-state index in [4.69, 9.17) is 27.5 Å². The van der Waals surface area contributed by atoms with Gasteiger partial charge in [0.1, 0.15) is 11.6 Å². The molecule has 0 heterocycles. The van der Waals surface area contributed by atoms with Crippen LogP contribution in [0.3, 0.4) is 0 Å². The number of hydrogen-bond acceptors (Lipinski definition) is 2. The molecular formula is C22H22Cl2N2O. The Morgan fingerprint density at radius 1 is 1.00 bits per heavy atom.